The number of pyridine rings is 1. The van der Waals surface area contributed by atoms with E-state index in [4.69, 9.17) is 0 Å². The summed E-state index contributed by atoms with van der Waals surface area (Å²) in [5.41, 5.74) is 0.874. The maximum atomic E-state index is 11.4. The van der Waals surface area contributed by atoms with E-state index in [0.717, 1.165) is 13.8 Å². The first-order valence-corrected chi connectivity index (χ1v) is 5.75. The summed E-state index contributed by atoms with van der Waals surface area (Å²) in [5, 5.41) is 0. The number of hydrogen-bond acceptors (Lipinski definition) is 4. The molecule has 14 heavy (non-hydrogen) atoms. The second kappa shape index (κ2) is 3.82. The summed E-state index contributed by atoms with van der Waals surface area (Å²) in [6.07, 6.45) is 1.72. The Bertz CT molecular complexity index is 495. The molecule has 0 saturated carbocycles. The minimum Gasteiger partial charge on any atom is -0.465 e. The highest BCUT2D eigenvalue weighted by molar-refractivity contribution is 14.1. The molecule has 2 aromatic rings. The molecule has 0 saturated heterocycles. The van der Waals surface area contributed by atoms with Crippen LogP contribution in [-0.2, 0) is 4.74 Å². The Balaban J connectivity index is 2.68. The van der Waals surface area contributed by atoms with Crippen molar-refractivity contribution in [1.82, 2.24) is 4.98 Å². The number of hydrogen-bond donors (Lipinski definition) is 0. The average Bonchev–Trinajstić information content (AvgIpc) is 2.56. The Hall–Kier alpha value is -0.690. The molecular weight excluding hydrogens is 313 g/mol. The van der Waals surface area contributed by atoms with E-state index in [1.54, 1.807) is 6.20 Å². The molecule has 0 fully saturated rings. The Morgan fingerprint density at radius 1 is 1.64 bits per heavy atom. The number of esters is 1. The number of halogens is 1. The third kappa shape index (κ3) is 1.50. The van der Waals surface area contributed by atoms with Crippen molar-refractivity contribution >= 4 is 50.1 Å². The predicted molar refractivity (Wildman–Crippen MR) is 63.7 cm³/mol. The van der Waals surface area contributed by atoms with Gasteiger partial charge in [0.15, 0.2) is 0 Å². The lowest BCUT2D eigenvalue weighted by Gasteiger charge is -1.93. The number of methoxy groups -OCH3 is 1. The van der Waals surface area contributed by atoms with Crippen molar-refractivity contribution in [2.24, 2.45) is 0 Å². The summed E-state index contributed by atoms with van der Waals surface area (Å²) < 4.78 is 6.57. The molecule has 0 spiro atoms. The third-order valence-electron chi connectivity index (χ3n) is 1.76. The Labute approximate surface area is 98.2 Å². The lowest BCUT2D eigenvalue weighted by Crippen LogP contribution is -1.99. The molecule has 72 valence electrons. The lowest BCUT2D eigenvalue weighted by molar-refractivity contribution is 0.0605. The van der Waals surface area contributed by atoms with E-state index in [9.17, 15) is 4.79 Å². The second-order valence-corrected chi connectivity index (χ2v) is 4.72. The maximum Gasteiger partial charge on any atom is 0.349 e. The summed E-state index contributed by atoms with van der Waals surface area (Å²) in [5.74, 6) is -0.294. The summed E-state index contributed by atoms with van der Waals surface area (Å²) >= 11 is 3.53. The van der Waals surface area contributed by atoms with Gasteiger partial charge in [-0.25, -0.2) is 4.79 Å². The van der Waals surface area contributed by atoms with E-state index in [2.05, 4.69) is 32.3 Å². The van der Waals surface area contributed by atoms with E-state index in [1.807, 2.05) is 12.1 Å². The number of carbonyl (C=O) groups is 1. The molecule has 0 bridgehead atoms. The van der Waals surface area contributed by atoms with E-state index < -0.39 is 0 Å². The molecular formula is C9H6INO2S. The summed E-state index contributed by atoms with van der Waals surface area (Å²) in [6.45, 7) is 0. The van der Waals surface area contributed by atoms with Crippen LogP contribution in [0, 0.1) is 3.57 Å². The van der Waals surface area contributed by atoms with Crippen LogP contribution in [0.2, 0.25) is 0 Å². The van der Waals surface area contributed by atoms with Gasteiger partial charge in [0.05, 0.1) is 20.9 Å². The van der Waals surface area contributed by atoms with E-state index >= 15 is 0 Å². The monoisotopic (exact) mass is 319 g/mol. The molecule has 0 aliphatic heterocycles. The lowest BCUT2D eigenvalue weighted by atomic mass is 10.4. The number of fused-ring (bicyclic) bond motifs is 1. The normalized spacial score (nSPS) is 10.4. The highest BCUT2D eigenvalue weighted by atomic mass is 127. The Kier molecular flexibility index (Phi) is 2.69. The Morgan fingerprint density at radius 2 is 2.43 bits per heavy atom. The number of ether oxygens (including phenoxy) is 1. The molecule has 2 aromatic heterocycles. The van der Waals surface area contributed by atoms with Gasteiger partial charge in [-0.15, -0.1) is 11.3 Å². The number of rotatable bonds is 1. The van der Waals surface area contributed by atoms with Gasteiger partial charge in [0.25, 0.3) is 0 Å². The summed E-state index contributed by atoms with van der Waals surface area (Å²) in [4.78, 5) is 16.2. The number of thiophene rings is 1. The van der Waals surface area contributed by atoms with Gasteiger partial charge in [-0.3, -0.25) is 4.98 Å². The van der Waals surface area contributed by atoms with Gasteiger partial charge in [-0.2, -0.15) is 0 Å². The zero-order valence-electron chi connectivity index (χ0n) is 7.28. The van der Waals surface area contributed by atoms with Gasteiger partial charge in [0.1, 0.15) is 4.88 Å². The Morgan fingerprint density at radius 3 is 3.07 bits per heavy atom. The smallest absolute Gasteiger partial charge is 0.349 e. The van der Waals surface area contributed by atoms with Crippen molar-refractivity contribution < 1.29 is 9.53 Å². The zero-order valence-corrected chi connectivity index (χ0v) is 10.3. The number of carbonyl (C=O) groups excluding carboxylic acids is 1. The fourth-order valence-electron chi connectivity index (χ4n) is 1.12. The first kappa shape index (κ1) is 9.85. The minimum absolute atomic E-state index is 0.294. The third-order valence-corrected chi connectivity index (χ3v) is 4.30. The van der Waals surface area contributed by atoms with Crippen LogP contribution in [-0.4, -0.2) is 18.1 Å². The molecule has 2 rings (SSSR count). The molecule has 0 aromatic carbocycles. The quantitative estimate of drug-likeness (QED) is 0.599. The molecule has 0 atom stereocenters. The SMILES string of the molecule is COC(=O)c1sc2cccnc2c1I. The molecule has 0 unspecified atom stereocenters. The van der Waals surface area contributed by atoms with Crippen LogP contribution in [0.5, 0.6) is 0 Å². The molecule has 0 amide bonds. The van der Waals surface area contributed by atoms with Crippen LogP contribution in [0.15, 0.2) is 18.3 Å². The van der Waals surface area contributed by atoms with E-state index in [0.29, 0.717) is 4.88 Å². The van der Waals surface area contributed by atoms with Crippen molar-refractivity contribution in [3.8, 4) is 0 Å². The van der Waals surface area contributed by atoms with Gasteiger partial charge in [0.2, 0.25) is 0 Å². The van der Waals surface area contributed by atoms with Crippen molar-refractivity contribution in [3.63, 3.8) is 0 Å². The molecule has 5 heteroatoms. The first-order chi connectivity index (χ1) is 6.74. The van der Waals surface area contributed by atoms with Crippen LogP contribution in [0.3, 0.4) is 0 Å². The molecule has 0 aliphatic rings. The fraction of sp³-hybridized carbons (Fsp3) is 0.111. The van der Waals surface area contributed by atoms with Crippen molar-refractivity contribution in [2.45, 2.75) is 0 Å². The summed E-state index contributed by atoms with van der Waals surface area (Å²) in [6, 6.07) is 3.80. The van der Waals surface area contributed by atoms with Crippen LogP contribution < -0.4 is 0 Å². The van der Waals surface area contributed by atoms with Gasteiger partial charge in [-0.05, 0) is 34.7 Å². The topological polar surface area (TPSA) is 39.2 Å². The van der Waals surface area contributed by atoms with Crippen molar-refractivity contribution in [2.75, 3.05) is 7.11 Å². The standard InChI is InChI=1S/C9H6INO2S/c1-13-9(12)8-6(10)7-5(14-8)3-2-4-11-7/h2-4H,1H3. The fourth-order valence-corrected chi connectivity index (χ4v) is 3.26. The molecule has 0 aliphatic carbocycles. The average molecular weight is 319 g/mol. The summed E-state index contributed by atoms with van der Waals surface area (Å²) in [7, 11) is 1.39. The minimum atomic E-state index is -0.294. The van der Waals surface area contributed by atoms with Crippen LogP contribution in [0.1, 0.15) is 9.67 Å². The number of nitrogens with zero attached hydrogens (tertiary/aromatic N) is 1. The second-order valence-electron chi connectivity index (χ2n) is 2.59. The largest absolute Gasteiger partial charge is 0.465 e. The first-order valence-electron chi connectivity index (χ1n) is 3.85. The predicted octanol–water partition coefficient (Wildman–Crippen LogP) is 2.69. The van der Waals surface area contributed by atoms with Gasteiger partial charge < -0.3 is 4.74 Å². The van der Waals surface area contributed by atoms with Crippen molar-refractivity contribution in [1.29, 1.82) is 0 Å². The van der Waals surface area contributed by atoms with Crippen LogP contribution in [0.25, 0.3) is 10.2 Å². The van der Waals surface area contributed by atoms with Crippen LogP contribution in [0.4, 0.5) is 0 Å². The molecule has 3 nitrogen and oxygen atoms in total. The van der Waals surface area contributed by atoms with E-state index in [1.165, 1.54) is 18.4 Å². The van der Waals surface area contributed by atoms with Crippen molar-refractivity contribution in [3.05, 3.63) is 26.8 Å². The van der Waals surface area contributed by atoms with Crippen LogP contribution >= 0.6 is 33.9 Å². The van der Waals surface area contributed by atoms with Gasteiger partial charge >= 0.3 is 5.97 Å². The zero-order chi connectivity index (χ0) is 10.1. The van der Waals surface area contributed by atoms with Gasteiger partial charge in [0, 0.05) is 6.20 Å². The molecule has 0 N–H and O–H groups in total. The molecule has 0 radical (unpaired) electrons. The van der Waals surface area contributed by atoms with E-state index in [-0.39, 0.29) is 5.97 Å². The molecule has 2 heterocycles. The number of aromatic nitrogens is 1. The maximum absolute atomic E-state index is 11.4. The highest BCUT2D eigenvalue weighted by Crippen LogP contribution is 2.31. The van der Waals surface area contributed by atoms with Gasteiger partial charge in [-0.1, -0.05) is 0 Å². The highest BCUT2D eigenvalue weighted by Gasteiger charge is 2.17.